The van der Waals surface area contributed by atoms with Gasteiger partial charge in [0.15, 0.2) is 0 Å². The predicted molar refractivity (Wildman–Crippen MR) is 69.0 cm³/mol. The Balaban J connectivity index is 2.04. The molecule has 1 aliphatic carbocycles. The first kappa shape index (κ1) is 13.5. The summed E-state index contributed by atoms with van der Waals surface area (Å²) in [7, 11) is -3.53. The number of nitriles is 2. The molecule has 0 radical (unpaired) electrons. The normalized spacial score (nSPS) is 16.3. The fourth-order valence-corrected chi connectivity index (χ4v) is 3.13. The van der Waals surface area contributed by atoms with E-state index < -0.39 is 16.1 Å². The van der Waals surface area contributed by atoms with E-state index in [0.29, 0.717) is 11.1 Å². The van der Waals surface area contributed by atoms with Crippen LogP contribution in [0.5, 0.6) is 0 Å². The van der Waals surface area contributed by atoms with Crippen LogP contribution < -0.4 is 4.72 Å². The SMILES string of the molecule is N#Cc1ccc(CS(=O)(=O)NC(C#N)C2CC2)cc1. The molecule has 0 aliphatic heterocycles. The van der Waals surface area contributed by atoms with Gasteiger partial charge in [0.1, 0.15) is 6.04 Å². The Kier molecular flexibility index (Phi) is 3.84. The summed E-state index contributed by atoms with van der Waals surface area (Å²) < 4.78 is 26.3. The summed E-state index contributed by atoms with van der Waals surface area (Å²) in [6, 6.07) is 9.71. The molecule has 0 saturated heterocycles. The highest BCUT2D eigenvalue weighted by Crippen LogP contribution is 2.32. The molecular formula is C13H13N3O2S. The minimum Gasteiger partial charge on any atom is -0.212 e. The predicted octanol–water partition coefficient (Wildman–Crippen LogP) is 1.28. The third-order valence-corrected chi connectivity index (χ3v) is 4.31. The van der Waals surface area contributed by atoms with Gasteiger partial charge in [-0.3, -0.25) is 0 Å². The van der Waals surface area contributed by atoms with E-state index in [2.05, 4.69) is 4.72 Å². The minimum atomic E-state index is -3.53. The van der Waals surface area contributed by atoms with Crippen LogP contribution in [-0.2, 0) is 15.8 Å². The van der Waals surface area contributed by atoms with Crippen LogP contribution >= 0.6 is 0 Å². The summed E-state index contributed by atoms with van der Waals surface area (Å²) in [5.41, 5.74) is 1.08. The number of nitrogens with one attached hydrogen (secondary N) is 1. The molecule has 2 rings (SSSR count). The molecule has 0 bridgehead atoms. The summed E-state index contributed by atoms with van der Waals surface area (Å²) in [5, 5.41) is 17.6. The van der Waals surface area contributed by atoms with Crippen LogP contribution in [0.15, 0.2) is 24.3 Å². The van der Waals surface area contributed by atoms with E-state index in [1.165, 1.54) is 0 Å². The highest BCUT2D eigenvalue weighted by Gasteiger charge is 2.33. The molecule has 0 heterocycles. The van der Waals surface area contributed by atoms with E-state index in [1.807, 2.05) is 12.1 Å². The molecule has 5 nitrogen and oxygen atoms in total. The molecule has 98 valence electrons. The maximum atomic E-state index is 11.9. The van der Waals surface area contributed by atoms with Crippen LogP contribution in [0.3, 0.4) is 0 Å². The van der Waals surface area contributed by atoms with Gasteiger partial charge in [-0.1, -0.05) is 12.1 Å². The van der Waals surface area contributed by atoms with Crippen LogP contribution in [0.25, 0.3) is 0 Å². The van der Waals surface area contributed by atoms with Gasteiger partial charge in [0, 0.05) is 0 Å². The fourth-order valence-electron chi connectivity index (χ4n) is 1.79. The number of benzene rings is 1. The first-order valence-corrected chi connectivity index (χ1v) is 7.58. The topological polar surface area (TPSA) is 93.8 Å². The number of hydrogen-bond donors (Lipinski definition) is 1. The molecule has 6 heteroatoms. The van der Waals surface area contributed by atoms with Crippen LogP contribution in [0, 0.1) is 28.6 Å². The molecule has 1 aliphatic rings. The van der Waals surface area contributed by atoms with Crippen LogP contribution in [-0.4, -0.2) is 14.5 Å². The van der Waals surface area contributed by atoms with Crippen molar-refractivity contribution in [2.24, 2.45) is 5.92 Å². The lowest BCUT2D eigenvalue weighted by atomic mass is 10.2. The van der Waals surface area contributed by atoms with E-state index in [1.54, 1.807) is 24.3 Å². The number of hydrogen-bond acceptors (Lipinski definition) is 4. The fraction of sp³-hybridized carbons (Fsp3) is 0.385. The Morgan fingerprint density at radius 1 is 1.26 bits per heavy atom. The first-order chi connectivity index (χ1) is 9.04. The van der Waals surface area contributed by atoms with Gasteiger partial charge in [-0.05, 0) is 36.5 Å². The second kappa shape index (κ2) is 5.40. The molecule has 0 aromatic heterocycles. The molecule has 0 amide bonds. The summed E-state index contributed by atoms with van der Waals surface area (Å²) in [5.74, 6) is -0.0235. The molecule has 1 atom stereocenters. The molecule has 1 aromatic carbocycles. The van der Waals surface area contributed by atoms with Crippen LogP contribution in [0.4, 0.5) is 0 Å². The van der Waals surface area contributed by atoms with Gasteiger partial charge >= 0.3 is 0 Å². The number of nitrogens with zero attached hydrogens (tertiary/aromatic N) is 2. The Hall–Kier alpha value is -1.89. The first-order valence-electron chi connectivity index (χ1n) is 5.93. The summed E-state index contributed by atoms with van der Waals surface area (Å²) in [6.45, 7) is 0. The zero-order chi connectivity index (χ0) is 13.9. The van der Waals surface area contributed by atoms with Gasteiger partial charge in [0.05, 0.1) is 23.5 Å². The van der Waals surface area contributed by atoms with Crippen molar-refractivity contribution < 1.29 is 8.42 Å². The van der Waals surface area contributed by atoms with E-state index >= 15 is 0 Å². The second-order valence-corrected chi connectivity index (χ2v) is 6.38. The Morgan fingerprint density at radius 3 is 2.37 bits per heavy atom. The Morgan fingerprint density at radius 2 is 1.89 bits per heavy atom. The average molecular weight is 275 g/mol. The van der Waals surface area contributed by atoms with Crippen LogP contribution in [0.2, 0.25) is 0 Å². The Bertz CT molecular complexity index is 634. The number of sulfonamides is 1. The third-order valence-electron chi connectivity index (χ3n) is 2.98. The molecule has 1 saturated carbocycles. The van der Waals surface area contributed by atoms with Crippen molar-refractivity contribution in [1.82, 2.24) is 4.72 Å². The van der Waals surface area contributed by atoms with E-state index in [-0.39, 0.29) is 11.7 Å². The Labute approximate surface area is 112 Å². The highest BCUT2D eigenvalue weighted by atomic mass is 32.2. The van der Waals surface area contributed by atoms with Crippen molar-refractivity contribution in [3.63, 3.8) is 0 Å². The molecule has 1 unspecified atom stereocenters. The van der Waals surface area contributed by atoms with Gasteiger partial charge in [-0.15, -0.1) is 0 Å². The quantitative estimate of drug-likeness (QED) is 0.875. The van der Waals surface area contributed by atoms with E-state index in [0.717, 1.165) is 12.8 Å². The monoisotopic (exact) mass is 275 g/mol. The second-order valence-electron chi connectivity index (χ2n) is 4.63. The number of rotatable bonds is 5. The summed E-state index contributed by atoms with van der Waals surface area (Å²) >= 11 is 0. The summed E-state index contributed by atoms with van der Waals surface area (Å²) in [4.78, 5) is 0. The maximum Gasteiger partial charge on any atom is 0.216 e. The molecule has 0 spiro atoms. The molecule has 1 fully saturated rings. The summed E-state index contributed by atoms with van der Waals surface area (Å²) in [6.07, 6.45) is 1.80. The zero-order valence-corrected chi connectivity index (χ0v) is 11.0. The smallest absolute Gasteiger partial charge is 0.212 e. The molecule has 1 N–H and O–H groups in total. The van der Waals surface area contributed by atoms with Crippen molar-refractivity contribution in [3.05, 3.63) is 35.4 Å². The van der Waals surface area contributed by atoms with E-state index in [9.17, 15) is 8.42 Å². The van der Waals surface area contributed by atoms with Gasteiger partial charge < -0.3 is 0 Å². The third kappa shape index (κ3) is 3.78. The lowest BCUT2D eigenvalue weighted by molar-refractivity contribution is 0.559. The van der Waals surface area contributed by atoms with Gasteiger partial charge in [-0.25, -0.2) is 8.42 Å². The highest BCUT2D eigenvalue weighted by molar-refractivity contribution is 7.88. The van der Waals surface area contributed by atoms with Gasteiger partial charge in [-0.2, -0.15) is 15.2 Å². The largest absolute Gasteiger partial charge is 0.216 e. The maximum absolute atomic E-state index is 11.9. The van der Waals surface area contributed by atoms with Crippen LogP contribution in [0.1, 0.15) is 24.0 Å². The standard InChI is InChI=1S/C13H13N3O2S/c14-7-10-1-3-11(4-2-10)9-19(17,18)16-13(8-15)12-5-6-12/h1-4,12-13,16H,5-6,9H2. The zero-order valence-electron chi connectivity index (χ0n) is 10.2. The van der Waals surface area contributed by atoms with Crippen molar-refractivity contribution in [3.8, 4) is 12.1 Å². The molecular weight excluding hydrogens is 262 g/mol. The lowest BCUT2D eigenvalue weighted by Crippen LogP contribution is -2.36. The van der Waals surface area contributed by atoms with Gasteiger partial charge in [0.25, 0.3) is 0 Å². The van der Waals surface area contributed by atoms with Crippen molar-refractivity contribution in [2.75, 3.05) is 0 Å². The van der Waals surface area contributed by atoms with Crippen molar-refractivity contribution in [1.29, 1.82) is 10.5 Å². The van der Waals surface area contributed by atoms with Gasteiger partial charge in [0.2, 0.25) is 10.0 Å². The minimum absolute atomic E-state index is 0.153. The lowest BCUT2D eigenvalue weighted by Gasteiger charge is -2.11. The molecule has 19 heavy (non-hydrogen) atoms. The average Bonchev–Trinajstić information content (AvgIpc) is 3.21. The van der Waals surface area contributed by atoms with Crippen molar-refractivity contribution in [2.45, 2.75) is 24.6 Å². The van der Waals surface area contributed by atoms with Crippen molar-refractivity contribution >= 4 is 10.0 Å². The van der Waals surface area contributed by atoms with E-state index in [4.69, 9.17) is 10.5 Å². The molecule has 1 aromatic rings.